The van der Waals surface area contributed by atoms with Crippen LogP contribution in [-0.2, 0) is 9.47 Å². The molecule has 30 heavy (non-hydrogen) atoms. The second kappa shape index (κ2) is 27.0. The van der Waals surface area contributed by atoms with Crippen molar-refractivity contribution in [2.45, 2.75) is 162 Å². The van der Waals surface area contributed by atoms with E-state index in [0.717, 1.165) is 26.2 Å². The average Bonchev–Trinajstić information content (AvgIpc) is 2.75. The Morgan fingerprint density at radius 2 is 0.800 bits per heavy atom. The summed E-state index contributed by atoms with van der Waals surface area (Å²) in [5, 5.41) is 0. The first kappa shape index (κ1) is 29.9. The maximum Gasteiger partial charge on any atom is 0.0568 e. The van der Waals surface area contributed by atoms with E-state index in [9.17, 15) is 0 Å². The molecule has 182 valence electrons. The van der Waals surface area contributed by atoms with Crippen molar-refractivity contribution in [2.75, 3.05) is 19.8 Å². The average molecular weight is 427 g/mol. The number of hydrogen-bond acceptors (Lipinski definition) is 2. The molecule has 0 saturated carbocycles. The van der Waals surface area contributed by atoms with E-state index < -0.39 is 0 Å². The third-order valence-electron chi connectivity index (χ3n) is 6.21. The summed E-state index contributed by atoms with van der Waals surface area (Å²) in [5.41, 5.74) is 0. The molecule has 0 aliphatic heterocycles. The molecule has 0 aliphatic rings. The van der Waals surface area contributed by atoms with Gasteiger partial charge in [-0.3, -0.25) is 0 Å². The Morgan fingerprint density at radius 3 is 1.23 bits per heavy atom. The van der Waals surface area contributed by atoms with Crippen LogP contribution in [0.25, 0.3) is 0 Å². The van der Waals surface area contributed by atoms with Crippen LogP contribution in [0.3, 0.4) is 0 Å². The van der Waals surface area contributed by atoms with Crippen molar-refractivity contribution >= 4 is 0 Å². The molecule has 0 aromatic heterocycles. The van der Waals surface area contributed by atoms with Crippen molar-refractivity contribution in [3.05, 3.63) is 0 Å². The van der Waals surface area contributed by atoms with Crippen LogP contribution in [0.4, 0.5) is 0 Å². The summed E-state index contributed by atoms with van der Waals surface area (Å²) in [6, 6.07) is 0. The lowest BCUT2D eigenvalue weighted by Gasteiger charge is -2.13. The van der Waals surface area contributed by atoms with Crippen molar-refractivity contribution in [1.29, 1.82) is 0 Å². The summed E-state index contributed by atoms with van der Waals surface area (Å²) >= 11 is 0. The summed E-state index contributed by atoms with van der Waals surface area (Å²) in [5.74, 6) is 0. The van der Waals surface area contributed by atoms with Gasteiger partial charge in [0.15, 0.2) is 0 Å². The Balaban J connectivity index is 3.12. The molecule has 0 radical (unpaired) electrons. The highest BCUT2D eigenvalue weighted by atomic mass is 16.5. The van der Waals surface area contributed by atoms with Crippen LogP contribution in [0, 0.1) is 0 Å². The van der Waals surface area contributed by atoms with Gasteiger partial charge >= 0.3 is 0 Å². The lowest BCUT2D eigenvalue weighted by molar-refractivity contribution is 0.0291. The summed E-state index contributed by atoms with van der Waals surface area (Å²) < 4.78 is 11.7. The Bertz CT molecular complexity index is 292. The van der Waals surface area contributed by atoms with Crippen LogP contribution in [0.2, 0.25) is 0 Å². The molecule has 0 heterocycles. The van der Waals surface area contributed by atoms with E-state index in [1.165, 1.54) is 128 Å². The molecule has 0 rings (SSSR count). The Labute approximate surface area is 191 Å². The first-order valence-corrected chi connectivity index (χ1v) is 14.0. The summed E-state index contributed by atoms with van der Waals surface area (Å²) in [7, 11) is 0. The smallest absolute Gasteiger partial charge is 0.0568 e. The number of hydrogen-bond donors (Lipinski definition) is 0. The molecule has 0 fully saturated rings. The molecule has 0 aromatic rings. The summed E-state index contributed by atoms with van der Waals surface area (Å²) in [6.07, 6.45) is 29.1. The monoisotopic (exact) mass is 426 g/mol. The van der Waals surface area contributed by atoms with Crippen molar-refractivity contribution in [1.82, 2.24) is 0 Å². The predicted octanol–water partition coefficient (Wildman–Crippen LogP) is 9.64. The molecule has 0 aromatic carbocycles. The first-order chi connectivity index (χ1) is 14.8. The lowest BCUT2D eigenvalue weighted by atomic mass is 10.1. The number of unbranched alkanes of at least 4 members (excludes halogenated alkanes) is 18. The fraction of sp³-hybridized carbons (Fsp3) is 1.00. The minimum atomic E-state index is 0.344. The minimum absolute atomic E-state index is 0.344. The highest BCUT2D eigenvalue weighted by Gasteiger charge is 2.02. The van der Waals surface area contributed by atoms with Crippen LogP contribution in [0.15, 0.2) is 0 Å². The SMILES string of the molecule is CCCCCCCCCCCCOCCC(C)OCCCCCCCCCCCC. The van der Waals surface area contributed by atoms with Crippen LogP contribution >= 0.6 is 0 Å². The van der Waals surface area contributed by atoms with Gasteiger partial charge in [-0.05, 0) is 26.2 Å². The Morgan fingerprint density at radius 1 is 0.433 bits per heavy atom. The zero-order valence-electron chi connectivity index (χ0n) is 21.4. The zero-order valence-corrected chi connectivity index (χ0v) is 21.4. The molecule has 0 saturated heterocycles. The third kappa shape index (κ3) is 26.0. The summed E-state index contributed by atoms with van der Waals surface area (Å²) in [4.78, 5) is 0. The molecule has 1 atom stereocenters. The van der Waals surface area contributed by atoms with Crippen molar-refractivity contribution in [3.8, 4) is 0 Å². The van der Waals surface area contributed by atoms with Gasteiger partial charge < -0.3 is 9.47 Å². The van der Waals surface area contributed by atoms with Gasteiger partial charge in [-0.1, -0.05) is 129 Å². The standard InChI is InChI=1S/C28H58O2/c1-4-6-8-10-12-14-16-18-20-22-25-29-27-24-28(3)30-26-23-21-19-17-15-13-11-9-7-5-2/h28H,4-27H2,1-3H3. The summed E-state index contributed by atoms with van der Waals surface area (Å²) in [6.45, 7) is 9.49. The Kier molecular flexibility index (Phi) is 26.9. The van der Waals surface area contributed by atoms with Gasteiger partial charge in [-0.25, -0.2) is 0 Å². The van der Waals surface area contributed by atoms with E-state index in [2.05, 4.69) is 20.8 Å². The maximum absolute atomic E-state index is 5.94. The molecule has 1 unspecified atom stereocenters. The molecular weight excluding hydrogens is 368 g/mol. The fourth-order valence-corrected chi connectivity index (χ4v) is 4.00. The van der Waals surface area contributed by atoms with Crippen LogP contribution in [-0.4, -0.2) is 25.9 Å². The number of rotatable bonds is 26. The normalized spacial score (nSPS) is 12.5. The molecule has 2 nitrogen and oxygen atoms in total. The van der Waals surface area contributed by atoms with Gasteiger partial charge in [0.1, 0.15) is 0 Å². The van der Waals surface area contributed by atoms with E-state index >= 15 is 0 Å². The highest BCUT2D eigenvalue weighted by molar-refractivity contribution is 4.52. The lowest BCUT2D eigenvalue weighted by Crippen LogP contribution is -2.12. The van der Waals surface area contributed by atoms with Crippen molar-refractivity contribution < 1.29 is 9.47 Å². The van der Waals surface area contributed by atoms with Crippen molar-refractivity contribution in [2.24, 2.45) is 0 Å². The molecule has 2 heteroatoms. The second-order valence-electron chi connectivity index (χ2n) is 9.45. The fourth-order valence-electron chi connectivity index (χ4n) is 4.00. The Hall–Kier alpha value is -0.0800. The van der Waals surface area contributed by atoms with Gasteiger partial charge in [0, 0.05) is 19.8 Å². The van der Waals surface area contributed by atoms with Gasteiger partial charge in [-0.2, -0.15) is 0 Å². The third-order valence-corrected chi connectivity index (χ3v) is 6.21. The first-order valence-electron chi connectivity index (χ1n) is 14.0. The molecule has 0 aliphatic carbocycles. The van der Waals surface area contributed by atoms with Crippen LogP contribution < -0.4 is 0 Å². The predicted molar refractivity (Wildman–Crippen MR) is 135 cm³/mol. The van der Waals surface area contributed by atoms with E-state index in [1.54, 1.807) is 0 Å². The van der Waals surface area contributed by atoms with E-state index in [1.807, 2.05) is 0 Å². The van der Waals surface area contributed by atoms with E-state index in [4.69, 9.17) is 9.47 Å². The molecule has 0 N–H and O–H groups in total. The zero-order chi connectivity index (χ0) is 22.0. The molecule has 0 bridgehead atoms. The molecule has 0 amide bonds. The molecule has 0 spiro atoms. The highest BCUT2D eigenvalue weighted by Crippen LogP contribution is 2.12. The van der Waals surface area contributed by atoms with E-state index in [0.29, 0.717) is 6.10 Å². The minimum Gasteiger partial charge on any atom is -0.381 e. The van der Waals surface area contributed by atoms with Gasteiger partial charge in [0.05, 0.1) is 6.10 Å². The number of ether oxygens (including phenoxy) is 2. The van der Waals surface area contributed by atoms with E-state index in [-0.39, 0.29) is 0 Å². The molecular formula is C28H58O2. The van der Waals surface area contributed by atoms with Gasteiger partial charge in [-0.15, -0.1) is 0 Å². The maximum atomic E-state index is 5.94. The van der Waals surface area contributed by atoms with Gasteiger partial charge in [0.2, 0.25) is 0 Å². The topological polar surface area (TPSA) is 18.5 Å². The largest absolute Gasteiger partial charge is 0.381 e. The quantitative estimate of drug-likeness (QED) is 0.128. The van der Waals surface area contributed by atoms with Crippen LogP contribution in [0.1, 0.15) is 156 Å². The second-order valence-corrected chi connectivity index (χ2v) is 9.45. The van der Waals surface area contributed by atoms with Crippen LogP contribution in [0.5, 0.6) is 0 Å². The van der Waals surface area contributed by atoms with Gasteiger partial charge in [0.25, 0.3) is 0 Å². The van der Waals surface area contributed by atoms with Crippen molar-refractivity contribution in [3.63, 3.8) is 0 Å².